The van der Waals surface area contributed by atoms with Gasteiger partial charge in [-0.05, 0) is 31.8 Å². The molecule has 0 saturated heterocycles. The van der Waals surface area contributed by atoms with Crippen LogP contribution in [0, 0.1) is 0 Å². The summed E-state index contributed by atoms with van der Waals surface area (Å²) in [5.74, 6) is 0.435. The van der Waals surface area contributed by atoms with Gasteiger partial charge in [0.1, 0.15) is 0 Å². The van der Waals surface area contributed by atoms with E-state index >= 15 is 0 Å². The molecule has 0 aromatic heterocycles. The van der Waals surface area contributed by atoms with Crippen molar-refractivity contribution in [1.82, 2.24) is 0 Å². The summed E-state index contributed by atoms with van der Waals surface area (Å²) in [5.41, 5.74) is 5.27. The Morgan fingerprint density at radius 2 is 2.21 bits per heavy atom. The molecule has 0 fully saturated rings. The fourth-order valence-electron chi connectivity index (χ4n) is 1.53. The summed E-state index contributed by atoms with van der Waals surface area (Å²) in [7, 11) is 0. The molecular weight excluding hydrogens is 178 g/mol. The maximum Gasteiger partial charge on any atom is 0.216 e. The summed E-state index contributed by atoms with van der Waals surface area (Å²) in [6, 6.07) is 0. The topological polar surface area (TPSA) is 52.3 Å². The summed E-state index contributed by atoms with van der Waals surface area (Å²) >= 11 is 0. The SMILES string of the molecule is CCC(N)(CC)C(=O)C1=CCCCO1. The zero-order valence-electron chi connectivity index (χ0n) is 9.01. The van der Waals surface area contributed by atoms with E-state index in [4.69, 9.17) is 10.5 Å². The van der Waals surface area contributed by atoms with E-state index in [0.717, 1.165) is 12.8 Å². The van der Waals surface area contributed by atoms with Gasteiger partial charge in [-0.3, -0.25) is 4.79 Å². The summed E-state index contributed by atoms with van der Waals surface area (Å²) < 4.78 is 5.32. The average molecular weight is 197 g/mol. The van der Waals surface area contributed by atoms with Crippen LogP contribution in [0.15, 0.2) is 11.8 Å². The van der Waals surface area contributed by atoms with E-state index in [0.29, 0.717) is 25.2 Å². The van der Waals surface area contributed by atoms with Gasteiger partial charge >= 0.3 is 0 Å². The molecule has 14 heavy (non-hydrogen) atoms. The Bertz CT molecular complexity index is 242. The zero-order chi connectivity index (χ0) is 10.6. The number of nitrogens with two attached hydrogens (primary N) is 1. The van der Waals surface area contributed by atoms with Crippen molar-refractivity contribution in [3.05, 3.63) is 11.8 Å². The fraction of sp³-hybridized carbons (Fsp3) is 0.727. The monoisotopic (exact) mass is 197 g/mol. The van der Waals surface area contributed by atoms with Crippen LogP contribution in [0.1, 0.15) is 39.5 Å². The molecule has 1 aliphatic heterocycles. The molecule has 0 amide bonds. The quantitative estimate of drug-likeness (QED) is 0.747. The van der Waals surface area contributed by atoms with Crippen molar-refractivity contribution in [2.75, 3.05) is 6.61 Å². The van der Waals surface area contributed by atoms with E-state index < -0.39 is 5.54 Å². The van der Waals surface area contributed by atoms with Crippen LogP contribution < -0.4 is 5.73 Å². The van der Waals surface area contributed by atoms with Gasteiger partial charge in [0.2, 0.25) is 5.78 Å². The first-order chi connectivity index (χ1) is 6.64. The van der Waals surface area contributed by atoms with Gasteiger partial charge < -0.3 is 10.5 Å². The molecule has 0 saturated carbocycles. The van der Waals surface area contributed by atoms with Crippen molar-refractivity contribution < 1.29 is 9.53 Å². The van der Waals surface area contributed by atoms with E-state index in [1.807, 2.05) is 19.9 Å². The summed E-state index contributed by atoms with van der Waals surface area (Å²) in [6.07, 6.45) is 5.09. The number of carbonyl (C=O) groups excluding carboxylic acids is 1. The molecule has 1 aliphatic rings. The Morgan fingerprint density at radius 1 is 1.57 bits per heavy atom. The lowest BCUT2D eigenvalue weighted by atomic mass is 9.87. The van der Waals surface area contributed by atoms with E-state index in [2.05, 4.69) is 0 Å². The number of hydrogen-bond donors (Lipinski definition) is 1. The normalized spacial score (nSPS) is 17.2. The Labute approximate surface area is 85.3 Å². The first kappa shape index (κ1) is 11.2. The Morgan fingerprint density at radius 3 is 2.64 bits per heavy atom. The van der Waals surface area contributed by atoms with Crippen LogP contribution in [-0.2, 0) is 9.53 Å². The second-order valence-electron chi connectivity index (χ2n) is 3.75. The molecule has 0 spiro atoms. The molecule has 2 N–H and O–H groups in total. The van der Waals surface area contributed by atoms with Gasteiger partial charge in [-0.2, -0.15) is 0 Å². The minimum atomic E-state index is -0.733. The van der Waals surface area contributed by atoms with Crippen molar-refractivity contribution in [2.45, 2.75) is 45.1 Å². The van der Waals surface area contributed by atoms with Crippen LogP contribution in [0.5, 0.6) is 0 Å². The first-order valence-corrected chi connectivity index (χ1v) is 5.30. The van der Waals surface area contributed by atoms with E-state index in [9.17, 15) is 4.79 Å². The maximum absolute atomic E-state index is 12.0. The number of allylic oxidation sites excluding steroid dienone is 1. The van der Waals surface area contributed by atoms with Crippen molar-refractivity contribution >= 4 is 5.78 Å². The fourth-order valence-corrected chi connectivity index (χ4v) is 1.53. The highest BCUT2D eigenvalue weighted by Gasteiger charge is 2.33. The van der Waals surface area contributed by atoms with Crippen LogP contribution in [0.2, 0.25) is 0 Å². The summed E-state index contributed by atoms with van der Waals surface area (Å²) in [6.45, 7) is 4.51. The van der Waals surface area contributed by atoms with Crippen molar-refractivity contribution in [1.29, 1.82) is 0 Å². The van der Waals surface area contributed by atoms with Gasteiger partial charge in [0.15, 0.2) is 5.76 Å². The van der Waals surface area contributed by atoms with Crippen molar-refractivity contribution in [3.63, 3.8) is 0 Å². The Hall–Kier alpha value is -0.830. The molecule has 1 heterocycles. The number of Topliss-reactive ketones (excluding diaryl/α,β-unsaturated/α-hetero) is 1. The smallest absolute Gasteiger partial charge is 0.216 e. The predicted octanol–water partition coefficient (Wildman–Crippen LogP) is 1.77. The summed E-state index contributed by atoms with van der Waals surface area (Å²) in [4.78, 5) is 12.0. The second-order valence-corrected chi connectivity index (χ2v) is 3.75. The molecule has 0 bridgehead atoms. The molecule has 1 rings (SSSR count). The van der Waals surface area contributed by atoms with Gasteiger partial charge in [-0.15, -0.1) is 0 Å². The van der Waals surface area contributed by atoms with Crippen LogP contribution in [0.3, 0.4) is 0 Å². The van der Waals surface area contributed by atoms with Crippen LogP contribution >= 0.6 is 0 Å². The standard InChI is InChI=1S/C11H19NO2/c1-3-11(12,4-2)10(13)9-7-5-6-8-14-9/h7H,3-6,8,12H2,1-2H3. The second kappa shape index (κ2) is 4.60. The van der Waals surface area contributed by atoms with E-state index in [-0.39, 0.29) is 5.78 Å². The molecule has 0 radical (unpaired) electrons. The Balaban J connectivity index is 2.76. The molecule has 3 heteroatoms. The molecular formula is C11H19NO2. The third kappa shape index (κ3) is 2.15. The van der Waals surface area contributed by atoms with Crippen molar-refractivity contribution in [3.8, 4) is 0 Å². The maximum atomic E-state index is 12.0. The molecule has 0 atom stereocenters. The van der Waals surface area contributed by atoms with Gasteiger partial charge in [-0.1, -0.05) is 13.8 Å². The predicted molar refractivity (Wildman–Crippen MR) is 55.8 cm³/mol. The molecule has 0 unspecified atom stereocenters. The highest BCUT2D eigenvalue weighted by molar-refractivity contribution is 6.00. The Kier molecular flexibility index (Phi) is 3.69. The molecule has 3 nitrogen and oxygen atoms in total. The molecule has 0 aromatic carbocycles. The average Bonchev–Trinajstić information content (AvgIpc) is 2.28. The van der Waals surface area contributed by atoms with Gasteiger partial charge in [0.25, 0.3) is 0 Å². The summed E-state index contributed by atoms with van der Waals surface area (Å²) in [5, 5.41) is 0. The lowest BCUT2D eigenvalue weighted by Gasteiger charge is -2.27. The number of carbonyl (C=O) groups is 1. The minimum absolute atomic E-state index is 0.0396. The third-order valence-electron chi connectivity index (χ3n) is 2.87. The van der Waals surface area contributed by atoms with E-state index in [1.54, 1.807) is 0 Å². The third-order valence-corrected chi connectivity index (χ3v) is 2.87. The number of hydrogen-bond acceptors (Lipinski definition) is 3. The highest BCUT2D eigenvalue weighted by atomic mass is 16.5. The number of rotatable bonds is 4. The van der Waals surface area contributed by atoms with Crippen LogP contribution in [-0.4, -0.2) is 17.9 Å². The van der Waals surface area contributed by atoms with Gasteiger partial charge in [-0.25, -0.2) is 0 Å². The van der Waals surface area contributed by atoms with Crippen molar-refractivity contribution in [2.24, 2.45) is 5.73 Å². The van der Waals surface area contributed by atoms with E-state index in [1.165, 1.54) is 0 Å². The minimum Gasteiger partial charge on any atom is -0.490 e. The molecule has 0 aromatic rings. The molecule has 0 aliphatic carbocycles. The zero-order valence-corrected chi connectivity index (χ0v) is 9.01. The van der Waals surface area contributed by atoms with Gasteiger partial charge in [0, 0.05) is 0 Å². The molecule has 80 valence electrons. The lowest BCUT2D eigenvalue weighted by molar-refractivity contribution is -0.124. The van der Waals surface area contributed by atoms with Crippen LogP contribution in [0.4, 0.5) is 0 Å². The van der Waals surface area contributed by atoms with Crippen LogP contribution in [0.25, 0.3) is 0 Å². The highest BCUT2D eigenvalue weighted by Crippen LogP contribution is 2.21. The van der Waals surface area contributed by atoms with Gasteiger partial charge in [0.05, 0.1) is 12.1 Å². The number of ether oxygens (including phenoxy) is 1. The largest absolute Gasteiger partial charge is 0.490 e. The number of ketones is 1. The lowest BCUT2D eigenvalue weighted by Crippen LogP contribution is -2.48. The first-order valence-electron chi connectivity index (χ1n) is 5.30.